The average molecular weight is 459 g/mol. The molecule has 0 N–H and O–H groups in total. The van der Waals surface area contributed by atoms with Crippen LogP contribution in [0.2, 0.25) is 5.02 Å². The molecule has 1 heterocycles. The van der Waals surface area contributed by atoms with Gasteiger partial charge in [-0.05, 0) is 47.9 Å². The largest absolute Gasteiger partial charge is 0.290 e. The summed E-state index contributed by atoms with van der Waals surface area (Å²) in [7, 11) is -3.75. The van der Waals surface area contributed by atoms with E-state index in [2.05, 4.69) is 17.0 Å². The van der Waals surface area contributed by atoms with Gasteiger partial charge in [0.1, 0.15) is 5.82 Å². The van der Waals surface area contributed by atoms with Crippen molar-refractivity contribution in [3.8, 4) is 0 Å². The second-order valence-electron chi connectivity index (χ2n) is 7.71. The van der Waals surface area contributed by atoms with Gasteiger partial charge < -0.3 is 0 Å². The van der Waals surface area contributed by atoms with Crippen LogP contribution in [0.25, 0.3) is 0 Å². The van der Waals surface area contributed by atoms with Crippen LogP contribution in [0.1, 0.15) is 22.7 Å². The highest BCUT2D eigenvalue weighted by Crippen LogP contribution is 2.31. The van der Waals surface area contributed by atoms with E-state index in [1.807, 2.05) is 42.5 Å². The Morgan fingerprint density at radius 1 is 0.871 bits per heavy atom. The molecule has 3 aromatic rings. The quantitative estimate of drug-likeness (QED) is 0.547. The van der Waals surface area contributed by atoms with E-state index in [1.165, 1.54) is 16.4 Å². The molecule has 0 unspecified atom stereocenters. The van der Waals surface area contributed by atoms with Crippen molar-refractivity contribution in [1.82, 2.24) is 9.21 Å². The third-order valence-electron chi connectivity index (χ3n) is 5.71. The van der Waals surface area contributed by atoms with Crippen molar-refractivity contribution in [1.29, 1.82) is 0 Å². The van der Waals surface area contributed by atoms with Gasteiger partial charge in [-0.1, -0.05) is 60.1 Å². The molecule has 4 rings (SSSR count). The summed E-state index contributed by atoms with van der Waals surface area (Å²) < 4.78 is 41.5. The Balaban J connectivity index is 1.58. The molecule has 0 aliphatic carbocycles. The second-order valence-corrected chi connectivity index (χ2v) is 10.1. The number of hydrogen-bond acceptors (Lipinski definition) is 3. The van der Waals surface area contributed by atoms with E-state index in [0.717, 1.165) is 17.2 Å². The van der Waals surface area contributed by atoms with Crippen molar-refractivity contribution in [3.63, 3.8) is 0 Å². The van der Waals surface area contributed by atoms with Gasteiger partial charge in [0.05, 0.1) is 10.9 Å². The van der Waals surface area contributed by atoms with Crippen LogP contribution in [0.3, 0.4) is 0 Å². The molecule has 7 heteroatoms. The predicted molar refractivity (Wildman–Crippen MR) is 121 cm³/mol. The van der Waals surface area contributed by atoms with E-state index in [4.69, 9.17) is 11.6 Å². The molecule has 1 atom stereocenters. The van der Waals surface area contributed by atoms with Gasteiger partial charge in [0.15, 0.2) is 0 Å². The number of halogens is 2. The van der Waals surface area contributed by atoms with Crippen LogP contribution < -0.4 is 0 Å². The van der Waals surface area contributed by atoms with Crippen LogP contribution >= 0.6 is 11.6 Å². The summed E-state index contributed by atoms with van der Waals surface area (Å²) in [5.74, 6) is -0.547. The smallest absolute Gasteiger partial charge is 0.243 e. The van der Waals surface area contributed by atoms with Gasteiger partial charge in [-0.2, -0.15) is 4.31 Å². The van der Waals surface area contributed by atoms with Crippen molar-refractivity contribution in [2.75, 3.05) is 26.2 Å². The van der Waals surface area contributed by atoms with E-state index < -0.39 is 15.8 Å². The number of hydrogen-bond donors (Lipinski definition) is 0. The fourth-order valence-corrected chi connectivity index (χ4v) is 5.87. The maximum Gasteiger partial charge on any atom is 0.243 e. The zero-order valence-electron chi connectivity index (χ0n) is 17.2. The molecule has 1 aliphatic heterocycles. The second kappa shape index (κ2) is 9.09. The summed E-state index contributed by atoms with van der Waals surface area (Å²) in [5, 5.41) is 0.678. The van der Waals surface area contributed by atoms with Crippen LogP contribution in [0.15, 0.2) is 77.7 Å². The number of rotatable bonds is 5. The van der Waals surface area contributed by atoms with Gasteiger partial charge in [0, 0.05) is 31.2 Å². The first-order chi connectivity index (χ1) is 14.9. The summed E-state index contributed by atoms with van der Waals surface area (Å²) in [6, 6.07) is 21.8. The maximum absolute atomic E-state index is 13.7. The number of sulfonamides is 1. The topological polar surface area (TPSA) is 40.6 Å². The molecule has 0 saturated carbocycles. The van der Waals surface area contributed by atoms with E-state index >= 15 is 0 Å². The highest BCUT2D eigenvalue weighted by molar-refractivity contribution is 7.89. The zero-order chi connectivity index (χ0) is 22.0. The first kappa shape index (κ1) is 22.0. The van der Waals surface area contributed by atoms with Gasteiger partial charge in [-0.25, -0.2) is 12.8 Å². The highest BCUT2D eigenvalue weighted by atomic mass is 35.5. The van der Waals surface area contributed by atoms with Crippen LogP contribution in [0.5, 0.6) is 0 Å². The summed E-state index contributed by atoms with van der Waals surface area (Å²) in [4.78, 5) is 2.32. The Morgan fingerprint density at radius 3 is 2.13 bits per heavy atom. The molecule has 0 aromatic heterocycles. The summed E-state index contributed by atoms with van der Waals surface area (Å²) >= 11 is 6.09. The average Bonchev–Trinajstić information content (AvgIpc) is 2.78. The number of piperazine rings is 1. The SMILES string of the molecule is Cc1ccc(F)cc1S(=O)(=O)N1CCN([C@H](c2ccccc2)c2ccc(Cl)cc2)CC1. The molecule has 3 aromatic carbocycles. The van der Waals surface area contributed by atoms with Gasteiger partial charge in [-0.3, -0.25) is 4.90 Å². The molecule has 0 amide bonds. The molecule has 162 valence electrons. The number of aryl methyl sites for hydroxylation is 1. The first-order valence-corrected chi connectivity index (χ1v) is 12.0. The Kier molecular flexibility index (Phi) is 6.44. The summed E-state index contributed by atoms with van der Waals surface area (Å²) in [6.45, 7) is 3.50. The lowest BCUT2D eigenvalue weighted by atomic mass is 9.96. The van der Waals surface area contributed by atoms with Crippen LogP contribution in [0.4, 0.5) is 4.39 Å². The van der Waals surface area contributed by atoms with Crippen LogP contribution in [-0.4, -0.2) is 43.8 Å². The lowest BCUT2D eigenvalue weighted by Gasteiger charge is -2.39. The van der Waals surface area contributed by atoms with Gasteiger partial charge in [0.25, 0.3) is 0 Å². The third-order valence-corrected chi connectivity index (χ3v) is 8.00. The molecule has 1 saturated heterocycles. The van der Waals surface area contributed by atoms with Crippen molar-refractivity contribution in [2.24, 2.45) is 0 Å². The first-order valence-electron chi connectivity index (χ1n) is 10.2. The van der Waals surface area contributed by atoms with E-state index in [-0.39, 0.29) is 10.9 Å². The van der Waals surface area contributed by atoms with Gasteiger partial charge in [0.2, 0.25) is 10.0 Å². The maximum atomic E-state index is 13.7. The van der Waals surface area contributed by atoms with Gasteiger partial charge >= 0.3 is 0 Å². The standard InChI is InChI=1S/C24H24ClFN2O2S/c1-18-7-12-22(26)17-23(18)31(29,30)28-15-13-27(14-16-28)24(19-5-3-2-4-6-19)20-8-10-21(25)11-9-20/h2-12,17,24H,13-16H2,1H3/t24-/m1/s1. The minimum atomic E-state index is -3.75. The molecule has 0 radical (unpaired) electrons. The molecular weight excluding hydrogens is 435 g/mol. The Labute approximate surface area is 187 Å². The molecule has 1 aliphatic rings. The fraction of sp³-hybridized carbons (Fsp3) is 0.250. The monoisotopic (exact) mass is 458 g/mol. The Bertz CT molecular complexity index is 1150. The third kappa shape index (κ3) is 4.67. The van der Waals surface area contributed by atoms with Gasteiger partial charge in [-0.15, -0.1) is 0 Å². The number of nitrogens with zero attached hydrogens (tertiary/aromatic N) is 2. The lowest BCUT2D eigenvalue weighted by Crippen LogP contribution is -2.49. The zero-order valence-corrected chi connectivity index (χ0v) is 18.8. The van der Waals surface area contributed by atoms with Crippen molar-refractivity contribution in [2.45, 2.75) is 17.9 Å². The normalized spacial score (nSPS) is 16.9. The lowest BCUT2D eigenvalue weighted by molar-refractivity contribution is 0.155. The molecule has 1 fully saturated rings. The Morgan fingerprint density at radius 2 is 1.48 bits per heavy atom. The summed E-state index contributed by atoms with van der Waals surface area (Å²) in [6.07, 6.45) is 0. The van der Waals surface area contributed by atoms with E-state index in [9.17, 15) is 12.8 Å². The Hall–Kier alpha value is -2.25. The van der Waals surface area contributed by atoms with Crippen LogP contribution in [0, 0.1) is 12.7 Å². The van der Waals surface area contributed by atoms with E-state index in [0.29, 0.717) is 36.8 Å². The summed E-state index contributed by atoms with van der Waals surface area (Å²) in [5.41, 5.74) is 2.79. The molecule has 0 spiro atoms. The highest BCUT2D eigenvalue weighted by Gasteiger charge is 2.33. The minimum Gasteiger partial charge on any atom is -0.290 e. The van der Waals surface area contributed by atoms with Crippen molar-refractivity contribution in [3.05, 3.63) is 100 Å². The van der Waals surface area contributed by atoms with Crippen LogP contribution in [-0.2, 0) is 10.0 Å². The van der Waals surface area contributed by atoms with Crippen molar-refractivity contribution < 1.29 is 12.8 Å². The number of benzene rings is 3. The molecular formula is C24H24ClFN2O2S. The molecule has 0 bridgehead atoms. The van der Waals surface area contributed by atoms with Crippen molar-refractivity contribution >= 4 is 21.6 Å². The fourth-order valence-electron chi connectivity index (χ4n) is 4.09. The molecule has 4 nitrogen and oxygen atoms in total. The van der Waals surface area contributed by atoms with E-state index in [1.54, 1.807) is 6.92 Å². The molecule has 31 heavy (non-hydrogen) atoms. The minimum absolute atomic E-state index is 0.000716. The predicted octanol–water partition coefficient (Wildman–Crippen LogP) is 4.88.